The van der Waals surface area contributed by atoms with Crippen LogP contribution in [0.15, 0.2) is 16.5 Å². The van der Waals surface area contributed by atoms with Gasteiger partial charge in [-0.2, -0.15) is 0 Å². The van der Waals surface area contributed by atoms with Crippen LogP contribution in [-0.4, -0.2) is 47.9 Å². The Balaban J connectivity index is 1.32. The van der Waals surface area contributed by atoms with E-state index in [9.17, 15) is 9.59 Å². The Bertz CT molecular complexity index is 911. The molecular formula is C22H30N4O3S. The summed E-state index contributed by atoms with van der Waals surface area (Å²) in [5, 5.41) is 4.04. The second-order valence-corrected chi connectivity index (χ2v) is 9.57. The van der Waals surface area contributed by atoms with Crippen molar-refractivity contribution in [3.05, 3.63) is 34.2 Å². The van der Waals surface area contributed by atoms with E-state index in [0.717, 1.165) is 67.8 Å². The van der Waals surface area contributed by atoms with Gasteiger partial charge in [-0.15, -0.1) is 11.3 Å². The third-order valence-corrected chi connectivity index (χ3v) is 7.07. The number of hydrogen-bond donors (Lipinski definition) is 1. The summed E-state index contributed by atoms with van der Waals surface area (Å²) >= 11 is 1.71. The lowest BCUT2D eigenvalue weighted by Crippen LogP contribution is -2.49. The van der Waals surface area contributed by atoms with Crippen molar-refractivity contribution in [3.8, 4) is 0 Å². The number of nitrogens with zero attached hydrogens (tertiary/aromatic N) is 3. The predicted octanol–water partition coefficient (Wildman–Crippen LogP) is 2.77. The number of carbonyl (C=O) groups excluding carboxylic acids is 2. The van der Waals surface area contributed by atoms with Crippen molar-refractivity contribution >= 4 is 28.3 Å². The molecule has 8 heteroatoms. The van der Waals surface area contributed by atoms with Crippen LogP contribution in [0.25, 0.3) is 0 Å². The molecule has 1 atom stereocenters. The van der Waals surface area contributed by atoms with E-state index < -0.39 is 0 Å². The van der Waals surface area contributed by atoms with Crippen LogP contribution in [0.4, 0.5) is 5.13 Å². The highest BCUT2D eigenvalue weighted by Crippen LogP contribution is 2.34. The van der Waals surface area contributed by atoms with Crippen LogP contribution in [-0.2, 0) is 29.0 Å². The molecule has 30 heavy (non-hydrogen) atoms. The lowest BCUT2D eigenvalue weighted by molar-refractivity contribution is -0.134. The first-order chi connectivity index (χ1) is 14.4. The van der Waals surface area contributed by atoms with Crippen molar-refractivity contribution in [2.24, 2.45) is 11.8 Å². The second-order valence-electron chi connectivity index (χ2n) is 8.50. The number of fused-ring (bicyclic) bond motifs is 1. The third-order valence-electron chi connectivity index (χ3n) is 5.89. The van der Waals surface area contributed by atoms with E-state index in [-0.39, 0.29) is 23.7 Å². The Labute approximate surface area is 181 Å². The summed E-state index contributed by atoms with van der Waals surface area (Å²) in [5.41, 5.74) is 1.14. The topological polar surface area (TPSA) is 78.7 Å². The Hall–Kier alpha value is -2.35. The van der Waals surface area contributed by atoms with Crippen molar-refractivity contribution in [1.82, 2.24) is 15.2 Å². The number of thiazole rings is 1. The number of rotatable bonds is 5. The number of aromatic nitrogens is 1. The smallest absolute Gasteiger partial charge is 0.225 e. The molecule has 2 aromatic rings. The van der Waals surface area contributed by atoms with E-state index in [4.69, 9.17) is 9.40 Å². The number of furan rings is 1. The van der Waals surface area contributed by atoms with Crippen molar-refractivity contribution in [1.29, 1.82) is 0 Å². The molecule has 0 radical (unpaired) electrons. The van der Waals surface area contributed by atoms with E-state index in [1.54, 1.807) is 11.3 Å². The molecule has 1 aliphatic carbocycles. The number of amides is 2. The minimum atomic E-state index is -0.0117. The maximum atomic E-state index is 12.6. The molecule has 0 aromatic carbocycles. The minimum absolute atomic E-state index is 0.0117. The SMILES string of the molecule is Cc1ccc(CNC(=O)[C@H]2CCc3nc(N4CCN(C(=O)C(C)C)CC4)sc3C2)o1. The highest BCUT2D eigenvalue weighted by Gasteiger charge is 2.30. The molecule has 2 amide bonds. The van der Waals surface area contributed by atoms with Gasteiger partial charge in [0.05, 0.1) is 12.2 Å². The van der Waals surface area contributed by atoms with Crippen LogP contribution in [0.1, 0.15) is 42.4 Å². The maximum absolute atomic E-state index is 12.6. The highest BCUT2D eigenvalue weighted by molar-refractivity contribution is 7.15. The molecule has 2 aliphatic rings. The van der Waals surface area contributed by atoms with Gasteiger partial charge in [0, 0.05) is 42.9 Å². The Morgan fingerprint density at radius 1 is 1.27 bits per heavy atom. The molecule has 2 aromatic heterocycles. The van der Waals surface area contributed by atoms with E-state index in [0.29, 0.717) is 6.54 Å². The Morgan fingerprint density at radius 2 is 2.03 bits per heavy atom. The number of nitrogens with one attached hydrogen (secondary N) is 1. The third kappa shape index (κ3) is 4.53. The van der Waals surface area contributed by atoms with E-state index in [1.165, 1.54) is 4.88 Å². The summed E-state index contributed by atoms with van der Waals surface area (Å²) in [5.74, 6) is 1.99. The number of aryl methyl sites for hydroxylation is 2. The first-order valence-corrected chi connectivity index (χ1v) is 11.6. The number of hydrogen-bond acceptors (Lipinski definition) is 6. The van der Waals surface area contributed by atoms with Gasteiger partial charge in [-0.3, -0.25) is 9.59 Å². The van der Waals surface area contributed by atoms with Crippen LogP contribution in [0, 0.1) is 18.8 Å². The molecule has 162 valence electrons. The summed E-state index contributed by atoms with van der Waals surface area (Å²) in [6, 6.07) is 3.81. The molecule has 1 saturated heterocycles. The zero-order chi connectivity index (χ0) is 21.3. The van der Waals surface area contributed by atoms with Crippen LogP contribution >= 0.6 is 11.3 Å². The number of piperazine rings is 1. The van der Waals surface area contributed by atoms with Crippen molar-refractivity contribution in [2.75, 3.05) is 31.1 Å². The molecule has 0 spiro atoms. The van der Waals surface area contributed by atoms with Crippen molar-refractivity contribution in [3.63, 3.8) is 0 Å². The van der Waals surface area contributed by atoms with Gasteiger partial charge in [-0.25, -0.2) is 4.98 Å². The summed E-state index contributed by atoms with van der Waals surface area (Å²) in [6.07, 6.45) is 2.42. The fraction of sp³-hybridized carbons (Fsp3) is 0.591. The van der Waals surface area contributed by atoms with Crippen LogP contribution in [0.5, 0.6) is 0 Å². The Kier molecular flexibility index (Phi) is 6.13. The van der Waals surface area contributed by atoms with Crippen LogP contribution in [0.3, 0.4) is 0 Å². The number of carbonyl (C=O) groups is 2. The van der Waals surface area contributed by atoms with E-state index in [2.05, 4.69) is 10.2 Å². The maximum Gasteiger partial charge on any atom is 0.225 e. The lowest BCUT2D eigenvalue weighted by Gasteiger charge is -2.35. The molecule has 1 N–H and O–H groups in total. The van der Waals surface area contributed by atoms with Gasteiger partial charge in [0.1, 0.15) is 11.5 Å². The summed E-state index contributed by atoms with van der Waals surface area (Å²) in [7, 11) is 0. The molecule has 0 saturated carbocycles. The molecule has 0 bridgehead atoms. The predicted molar refractivity (Wildman–Crippen MR) is 117 cm³/mol. The molecule has 4 rings (SSSR count). The summed E-state index contributed by atoms with van der Waals surface area (Å²) in [6.45, 7) is 9.37. The van der Waals surface area contributed by atoms with Crippen LogP contribution < -0.4 is 10.2 Å². The fourth-order valence-electron chi connectivity index (χ4n) is 4.10. The second kappa shape index (κ2) is 8.79. The lowest BCUT2D eigenvalue weighted by atomic mass is 9.90. The van der Waals surface area contributed by atoms with Crippen molar-refractivity contribution in [2.45, 2.75) is 46.6 Å². The molecule has 1 aliphatic heterocycles. The summed E-state index contributed by atoms with van der Waals surface area (Å²) in [4.78, 5) is 35.2. The van der Waals surface area contributed by atoms with Gasteiger partial charge in [0.25, 0.3) is 0 Å². The average molecular weight is 431 g/mol. The van der Waals surface area contributed by atoms with E-state index >= 15 is 0 Å². The first-order valence-electron chi connectivity index (χ1n) is 10.8. The monoisotopic (exact) mass is 430 g/mol. The van der Waals surface area contributed by atoms with Crippen LogP contribution in [0.2, 0.25) is 0 Å². The van der Waals surface area contributed by atoms with Gasteiger partial charge >= 0.3 is 0 Å². The molecule has 3 heterocycles. The molecule has 0 unspecified atom stereocenters. The number of anilines is 1. The summed E-state index contributed by atoms with van der Waals surface area (Å²) < 4.78 is 5.53. The zero-order valence-electron chi connectivity index (χ0n) is 17.9. The highest BCUT2D eigenvalue weighted by atomic mass is 32.1. The van der Waals surface area contributed by atoms with Gasteiger partial charge in [-0.05, 0) is 38.3 Å². The first kappa shape index (κ1) is 20.9. The largest absolute Gasteiger partial charge is 0.465 e. The molecular weight excluding hydrogens is 400 g/mol. The van der Waals surface area contributed by atoms with Gasteiger partial charge in [0.15, 0.2) is 5.13 Å². The van der Waals surface area contributed by atoms with Gasteiger partial charge in [0.2, 0.25) is 11.8 Å². The fourth-order valence-corrected chi connectivity index (χ4v) is 5.34. The zero-order valence-corrected chi connectivity index (χ0v) is 18.8. The minimum Gasteiger partial charge on any atom is -0.465 e. The molecule has 7 nitrogen and oxygen atoms in total. The average Bonchev–Trinajstić information content (AvgIpc) is 3.36. The van der Waals surface area contributed by atoms with Crippen molar-refractivity contribution < 1.29 is 14.0 Å². The van der Waals surface area contributed by atoms with E-state index in [1.807, 2.05) is 37.8 Å². The Morgan fingerprint density at radius 3 is 2.70 bits per heavy atom. The standard InChI is InChI=1S/C22H30N4O3S/c1-14(2)21(28)25-8-10-26(11-9-25)22-24-18-7-5-16(12-19(18)30-22)20(27)23-13-17-6-4-15(3)29-17/h4,6,14,16H,5,7-13H2,1-3H3,(H,23,27)/t16-/m0/s1. The molecule has 1 fully saturated rings. The normalized spacial score (nSPS) is 19.1. The van der Waals surface area contributed by atoms with Gasteiger partial charge < -0.3 is 19.5 Å². The van der Waals surface area contributed by atoms with Gasteiger partial charge in [-0.1, -0.05) is 13.8 Å². The quantitative estimate of drug-likeness (QED) is 0.789.